The molecule has 0 radical (unpaired) electrons. The van der Waals surface area contributed by atoms with E-state index in [1.54, 1.807) is 0 Å². The average Bonchev–Trinajstić information content (AvgIpc) is 2.32. The van der Waals surface area contributed by atoms with E-state index in [4.69, 9.17) is 5.11 Å². The zero-order chi connectivity index (χ0) is 14.4. The third-order valence-electron chi connectivity index (χ3n) is 2.42. The highest BCUT2D eigenvalue weighted by Gasteiger charge is 2.19. The second-order valence-corrected chi connectivity index (χ2v) is 3.83. The number of carbonyl (C=O) groups is 2. The molecule has 0 saturated heterocycles. The molecule has 0 saturated carbocycles. The Morgan fingerprint density at radius 1 is 1.32 bits per heavy atom. The maximum absolute atomic E-state index is 13.4. The molecule has 1 rings (SSSR count). The van der Waals surface area contributed by atoms with Crippen LogP contribution in [0.15, 0.2) is 30.9 Å². The van der Waals surface area contributed by atoms with Gasteiger partial charge < -0.3 is 10.0 Å². The number of hydrogen-bond acceptors (Lipinski definition) is 2. The molecule has 1 N–H and O–H groups in total. The first kappa shape index (κ1) is 14.8. The molecule has 0 aliphatic carbocycles. The highest BCUT2D eigenvalue weighted by Crippen LogP contribution is 2.13. The van der Waals surface area contributed by atoms with Crippen LogP contribution in [0.3, 0.4) is 0 Å². The maximum atomic E-state index is 13.4. The predicted octanol–water partition coefficient (Wildman–Crippen LogP) is 1.61. The van der Waals surface area contributed by atoms with Crippen LogP contribution in [0.1, 0.15) is 5.56 Å². The van der Waals surface area contributed by atoms with Crippen molar-refractivity contribution in [1.29, 1.82) is 0 Å². The lowest BCUT2D eigenvalue weighted by molar-refractivity contribution is -0.143. The quantitative estimate of drug-likeness (QED) is 0.798. The van der Waals surface area contributed by atoms with Crippen molar-refractivity contribution >= 4 is 11.9 Å². The van der Waals surface area contributed by atoms with E-state index < -0.39 is 36.5 Å². The van der Waals surface area contributed by atoms with Gasteiger partial charge in [0.1, 0.15) is 18.2 Å². The highest BCUT2D eigenvalue weighted by atomic mass is 19.1. The molecule has 4 nitrogen and oxygen atoms in total. The third kappa shape index (κ3) is 4.17. The second kappa shape index (κ2) is 6.63. The molecule has 102 valence electrons. The summed E-state index contributed by atoms with van der Waals surface area (Å²) in [5.74, 6) is -3.54. The van der Waals surface area contributed by atoms with Gasteiger partial charge in [-0.1, -0.05) is 12.1 Å². The lowest BCUT2D eigenvalue weighted by Crippen LogP contribution is -2.37. The molecule has 0 unspecified atom stereocenters. The van der Waals surface area contributed by atoms with Gasteiger partial charge >= 0.3 is 5.97 Å². The normalized spacial score (nSPS) is 10.0. The minimum absolute atomic E-state index is 0.00120. The van der Waals surface area contributed by atoms with Gasteiger partial charge in [-0.05, 0) is 12.1 Å². The highest BCUT2D eigenvalue weighted by molar-refractivity contribution is 5.83. The average molecular weight is 269 g/mol. The van der Waals surface area contributed by atoms with Gasteiger partial charge in [-0.2, -0.15) is 0 Å². The van der Waals surface area contributed by atoms with Crippen LogP contribution in [0.5, 0.6) is 0 Å². The molecule has 1 aromatic rings. The number of halogens is 2. The van der Waals surface area contributed by atoms with Gasteiger partial charge in [-0.15, -0.1) is 6.58 Å². The fourth-order valence-corrected chi connectivity index (χ4v) is 1.54. The van der Waals surface area contributed by atoms with E-state index in [-0.39, 0.29) is 12.1 Å². The molecule has 0 aliphatic rings. The first-order valence-electron chi connectivity index (χ1n) is 5.49. The fourth-order valence-electron chi connectivity index (χ4n) is 1.54. The first-order valence-corrected chi connectivity index (χ1v) is 5.49. The van der Waals surface area contributed by atoms with Crippen LogP contribution in [0.2, 0.25) is 0 Å². The van der Waals surface area contributed by atoms with Crippen LogP contribution >= 0.6 is 0 Å². The number of carbonyl (C=O) groups excluding carboxylic acids is 1. The molecule has 0 atom stereocenters. The molecule has 0 aliphatic heterocycles. The van der Waals surface area contributed by atoms with E-state index in [1.165, 1.54) is 12.1 Å². The minimum atomic E-state index is -1.20. The summed E-state index contributed by atoms with van der Waals surface area (Å²) in [7, 11) is 0. The Morgan fingerprint density at radius 2 is 1.89 bits per heavy atom. The lowest BCUT2D eigenvalue weighted by atomic mass is 10.1. The van der Waals surface area contributed by atoms with Crippen LogP contribution in [0.25, 0.3) is 0 Å². The Hall–Kier alpha value is -2.24. The zero-order valence-electron chi connectivity index (χ0n) is 10.1. The monoisotopic (exact) mass is 269 g/mol. The lowest BCUT2D eigenvalue weighted by Gasteiger charge is -2.19. The molecular formula is C13H13F2NO3. The molecule has 1 aromatic carbocycles. The number of carboxylic acid groups (broad SMARTS) is 1. The predicted molar refractivity (Wildman–Crippen MR) is 64.5 cm³/mol. The summed E-state index contributed by atoms with van der Waals surface area (Å²) in [6.45, 7) is 2.86. The Balaban J connectivity index is 2.86. The van der Waals surface area contributed by atoms with E-state index in [0.29, 0.717) is 0 Å². The summed E-state index contributed by atoms with van der Waals surface area (Å²) < 4.78 is 26.8. The second-order valence-electron chi connectivity index (χ2n) is 3.83. The van der Waals surface area contributed by atoms with Gasteiger partial charge in [-0.3, -0.25) is 9.59 Å². The molecular weight excluding hydrogens is 256 g/mol. The van der Waals surface area contributed by atoms with Gasteiger partial charge in [0, 0.05) is 12.1 Å². The van der Waals surface area contributed by atoms with Crippen molar-refractivity contribution in [2.45, 2.75) is 6.42 Å². The van der Waals surface area contributed by atoms with Crippen LogP contribution in [0.4, 0.5) is 8.78 Å². The van der Waals surface area contributed by atoms with E-state index >= 15 is 0 Å². The number of amides is 1. The topological polar surface area (TPSA) is 57.6 Å². The van der Waals surface area contributed by atoms with Crippen molar-refractivity contribution in [3.05, 3.63) is 48.1 Å². The van der Waals surface area contributed by atoms with Gasteiger partial charge in [0.15, 0.2) is 0 Å². The van der Waals surface area contributed by atoms with Crippen molar-refractivity contribution in [3.63, 3.8) is 0 Å². The van der Waals surface area contributed by atoms with E-state index in [2.05, 4.69) is 6.58 Å². The van der Waals surface area contributed by atoms with Crippen molar-refractivity contribution in [2.75, 3.05) is 13.1 Å². The summed E-state index contributed by atoms with van der Waals surface area (Å²) in [5.41, 5.74) is -0.369. The van der Waals surface area contributed by atoms with Crippen LogP contribution in [-0.2, 0) is 16.0 Å². The standard InChI is InChI=1S/C13H13F2NO3/c1-2-6-16(8-13(18)19)12(17)7-9-10(14)4-3-5-11(9)15/h2-5H,1,6-8H2,(H,18,19). The van der Waals surface area contributed by atoms with Gasteiger partial charge in [-0.25, -0.2) is 8.78 Å². The molecule has 6 heteroatoms. The number of aliphatic carboxylic acids is 1. The Morgan fingerprint density at radius 3 is 2.37 bits per heavy atom. The van der Waals surface area contributed by atoms with Crippen molar-refractivity contribution in [1.82, 2.24) is 4.90 Å². The SMILES string of the molecule is C=CCN(CC(=O)O)C(=O)Cc1c(F)cccc1F. The van der Waals surface area contributed by atoms with Crippen LogP contribution in [0, 0.1) is 11.6 Å². The maximum Gasteiger partial charge on any atom is 0.323 e. The number of benzene rings is 1. The van der Waals surface area contributed by atoms with Crippen molar-refractivity contribution in [3.8, 4) is 0 Å². The Bertz CT molecular complexity index is 482. The molecule has 1 amide bonds. The van der Waals surface area contributed by atoms with E-state index in [9.17, 15) is 18.4 Å². The molecule has 19 heavy (non-hydrogen) atoms. The number of carboxylic acids is 1. The van der Waals surface area contributed by atoms with Crippen LogP contribution in [-0.4, -0.2) is 35.0 Å². The summed E-state index contributed by atoms with van der Waals surface area (Å²) in [5, 5.41) is 8.66. The van der Waals surface area contributed by atoms with Crippen molar-refractivity contribution < 1.29 is 23.5 Å². The molecule has 0 heterocycles. The number of hydrogen-bond donors (Lipinski definition) is 1. The zero-order valence-corrected chi connectivity index (χ0v) is 10.1. The molecule has 0 fully saturated rings. The number of nitrogens with zero attached hydrogens (tertiary/aromatic N) is 1. The van der Waals surface area contributed by atoms with Crippen LogP contribution < -0.4 is 0 Å². The molecule has 0 spiro atoms. The Kier molecular flexibility index (Phi) is 5.17. The first-order chi connectivity index (χ1) is 8.95. The third-order valence-corrected chi connectivity index (χ3v) is 2.42. The molecule has 0 bridgehead atoms. The van der Waals surface area contributed by atoms with E-state index in [1.807, 2.05) is 0 Å². The smallest absolute Gasteiger partial charge is 0.323 e. The van der Waals surface area contributed by atoms with Gasteiger partial charge in [0.2, 0.25) is 5.91 Å². The van der Waals surface area contributed by atoms with Gasteiger partial charge in [0.05, 0.1) is 6.42 Å². The summed E-state index contributed by atoms with van der Waals surface area (Å²) in [6.07, 6.45) is 0.818. The summed E-state index contributed by atoms with van der Waals surface area (Å²) in [6, 6.07) is 3.28. The number of rotatable bonds is 6. The largest absolute Gasteiger partial charge is 0.480 e. The molecule has 0 aromatic heterocycles. The Labute approximate surface area is 109 Å². The van der Waals surface area contributed by atoms with E-state index in [0.717, 1.165) is 17.0 Å². The minimum Gasteiger partial charge on any atom is -0.480 e. The van der Waals surface area contributed by atoms with Crippen molar-refractivity contribution in [2.24, 2.45) is 0 Å². The summed E-state index contributed by atoms with van der Waals surface area (Å²) >= 11 is 0. The van der Waals surface area contributed by atoms with Gasteiger partial charge in [0.25, 0.3) is 0 Å². The fraction of sp³-hybridized carbons (Fsp3) is 0.231. The summed E-state index contributed by atoms with van der Waals surface area (Å²) in [4.78, 5) is 23.4.